The summed E-state index contributed by atoms with van der Waals surface area (Å²) < 4.78 is 9.41. The summed E-state index contributed by atoms with van der Waals surface area (Å²) in [5, 5.41) is 7.33. The summed E-state index contributed by atoms with van der Waals surface area (Å²) in [7, 11) is 3.05. The topological polar surface area (TPSA) is 48.4 Å². The standard InChI is InChI=1S/C14H11NOS2.C4H8O2/c1-16-12-4-2-10(3-5-12)14-15-13(9-18-14)11-6-7-17-8-11;1-3-4(5)6-2/h2-9H,1H3;3H2,1-2H3. The third-order valence-electron chi connectivity index (χ3n) is 3.17. The molecule has 0 atom stereocenters. The zero-order valence-electron chi connectivity index (χ0n) is 13.8. The summed E-state index contributed by atoms with van der Waals surface area (Å²) in [6.07, 6.45) is 0.469. The van der Waals surface area contributed by atoms with Crippen LogP contribution in [0.25, 0.3) is 21.8 Å². The van der Waals surface area contributed by atoms with E-state index in [-0.39, 0.29) is 5.97 Å². The van der Waals surface area contributed by atoms with E-state index in [1.165, 1.54) is 12.7 Å². The highest BCUT2D eigenvalue weighted by Crippen LogP contribution is 2.30. The van der Waals surface area contributed by atoms with Crippen LogP contribution >= 0.6 is 22.7 Å². The Balaban J connectivity index is 0.000000301. The second-order valence-corrected chi connectivity index (χ2v) is 6.35. The molecule has 24 heavy (non-hydrogen) atoms. The summed E-state index contributed by atoms with van der Waals surface area (Å²) in [6, 6.07) is 10.1. The number of carbonyl (C=O) groups excluding carboxylic acids is 1. The Labute approximate surface area is 149 Å². The molecule has 2 aromatic heterocycles. The Kier molecular flexibility index (Phi) is 6.96. The Morgan fingerprint density at radius 3 is 2.33 bits per heavy atom. The molecule has 0 spiro atoms. The number of thiazole rings is 1. The number of methoxy groups -OCH3 is 2. The van der Waals surface area contributed by atoms with Crippen LogP contribution in [0, 0.1) is 0 Å². The molecule has 0 aliphatic carbocycles. The van der Waals surface area contributed by atoms with Gasteiger partial charge < -0.3 is 9.47 Å². The molecule has 2 heterocycles. The number of nitrogens with zero attached hydrogens (tertiary/aromatic N) is 1. The van der Waals surface area contributed by atoms with Crippen molar-refractivity contribution in [2.24, 2.45) is 0 Å². The summed E-state index contributed by atoms with van der Waals surface area (Å²) in [6.45, 7) is 1.76. The van der Waals surface area contributed by atoms with Crippen LogP contribution in [0.5, 0.6) is 5.75 Å². The Bertz CT molecular complexity index is 743. The highest BCUT2D eigenvalue weighted by atomic mass is 32.1. The van der Waals surface area contributed by atoms with E-state index in [2.05, 4.69) is 31.9 Å². The van der Waals surface area contributed by atoms with Crippen LogP contribution < -0.4 is 4.74 Å². The van der Waals surface area contributed by atoms with Crippen LogP contribution in [0.1, 0.15) is 13.3 Å². The van der Waals surface area contributed by atoms with Gasteiger partial charge in [-0.3, -0.25) is 4.79 Å². The van der Waals surface area contributed by atoms with Crippen LogP contribution in [0.3, 0.4) is 0 Å². The van der Waals surface area contributed by atoms with Gasteiger partial charge in [0.1, 0.15) is 10.8 Å². The van der Waals surface area contributed by atoms with Crippen LogP contribution in [-0.4, -0.2) is 25.2 Å². The predicted molar refractivity (Wildman–Crippen MR) is 99.7 cm³/mol. The number of thiophene rings is 1. The highest BCUT2D eigenvalue weighted by molar-refractivity contribution is 7.13. The molecule has 3 rings (SSSR count). The summed E-state index contributed by atoms with van der Waals surface area (Å²) in [5.74, 6) is 0.711. The zero-order valence-corrected chi connectivity index (χ0v) is 15.4. The third-order valence-corrected chi connectivity index (χ3v) is 4.75. The molecule has 0 aliphatic rings. The molecule has 0 saturated carbocycles. The molecule has 4 nitrogen and oxygen atoms in total. The fraction of sp³-hybridized carbons (Fsp3) is 0.222. The lowest BCUT2D eigenvalue weighted by Gasteiger charge is -2.00. The number of hydrogen-bond donors (Lipinski definition) is 0. The van der Waals surface area contributed by atoms with Gasteiger partial charge in [-0.15, -0.1) is 11.3 Å². The minimum absolute atomic E-state index is 0.157. The van der Waals surface area contributed by atoms with E-state index < -0.39 is 0 Å². The number of rotatable bonds is 4. The minimum Gasteiger partial charge on any atom is -0.497 e. The van der Waals surface area contributed by atoms with Gasteiger partial charge in [0.2, 0.25) is 0 Å². The number of ether oxygens (including phenoxy) is 2. The van der Waals surface area contributed by atoms with Crippen LogP contribution in [0.2, 0.25) is 0 Å². The molecule has 126 valence electrons. The molecule has 0 fully saturated rings. The number of benzene rings is 1. The van der Waals surface area contributed by atoms with Gasteiger partial charge in [0.25, 0.3) is 0 Å². The van der Waals surface area contributed by atoms with Crippen molar-refractivity contribution in [1.82, 2.24) is 4.98 Å². The maximum Gasteiger partial charge on any atom is 0.305 e. The Hall–Kier alpha value is -2.18. The largest absolute Gasteiger partial charge is 0.497 e. The molecule has 0 bridgehead atoms. The molecule has 0 radical (unpaired) electrons. The molecule has 3 aromatic rings. The van der Waals surface area contributed by atoms with Gasteiger partial charge in [-0.2, -0.15) is 11.3 Å². The van der Waals surface area contributed by atoms with E-state index in [1.807, 2.05) is 24.3 Å². The van der Waals surface area contributed by atoms with E-state index in [4.69, 9.17) is 4.74 Å². The van der Waals surface area contributed by atoms with Gasteiger partial charge in [-0.25, -0.2) is 4.98 Å². The first kappa shape index (κ1) is 18.2. The lowest BCUT2D eigenvalue weighted by Crippen LogP contribution is -1.94. The number of aromatic nitrogens is 1. The van der Waals surface area contributed by atoms with Crippen LogP contribution in [0.15, 0.2) is 46.5 Å². The molecular formula is C18H19NO3S2. The number of hydrogen-bond acceptors (Lipinski definition) is 6. The molecule has 1 aromatic carbocycles. The molecular weight excluding hydrogens is 342 g/mol. The average Bonchev–Trinajstić information content (AvgIpc) is 3.32. The first-order valence-corrected chi connectivity index (χ1v) is 9.19. The van der Waals surface area contributed by atoms with Crippen molar-refractivity contribution < 1.29 is 14.3 Å². The van der Waals surface area contributed by atoms with Crippen molar-refractivity contribution in [3.8, 4) is 27.6 Å². The SMILES string of the molecule is CCC(=O)OC.COc1ccc(-c2nc(-c3ccsc3)cs2)cc1. The second kappa shape index (κ2) is 9.20. The van der Waals surface area contributed by atoms with Crippen molar-refractivity contribution in [1.29, 1.82) is 0 Å². The van der Waals surface area contributed by atoms with E-state index in [1.54, 1.807) is 36.7 Å². The molecule has 0 amide bonds. The molecule has 0 unspecified atom stereocenters. The van der Waals surface area contributed by atoms with Gasteiger partial charge in [0.15, 0.2) is 0 Å². The van der Waals surface area contributed by atoms with Gasteiger partial charge in [0.05, 0.1) is 19.9 Å². The lowest BCUT2D eigenvalue weighted by atomic mass is 10.2. The maximum atomic E-state index is 9.96. The van der Waals surface area contributed by atoms with Crippen molar-refractivity contribution in [3.63, 3.8) is 0 Å². The van der Waals surface area contributed by atoms with Crippen molar-refractivity contribution in [3.05, 3.63) is 46.5 Å². The summed E-state index contributed by atoms with van der Waals surface area (Å²) >= 11 is 3.36. The predicted octanol–water partition coefficient (Wildman–Crippen LogP) is 5.12. The lowest BCUT2D eigenvalue weighted by molar-refractivity contribution is -0.140. The van der Waals surface area contributed by atoms with Crippen molar-refractivity contribution in [2.45, 2.75) is 13.3 Å². The normalized spacial score (nSPS) is 9.79. The third kappa shape index (κ3) is 4.91. The quantitative estimate of drug-likeness (QED) is 0.605. The molecule has 0 saturated heterocycles. The van der Waals surface area contributed by atoms with Gasteiger partial charge in [-0.05, 0) is 35.7 Å². The summed E-state index contributed by atoms with van der Waals surface area (Å²) in [4.78, 5) is 14.6. The fourth-order valence-electron chi connectivity index (χ4n) is 1.83. The number of esters is 1. The molecule has 0 N–H and O–H groups in total. The summed E-state index contributed by atoms with van der Waals surface area (Å²) in [5.41, 5.74) is 3.37. The highest BCUT2D eigenvalue weighted by Gasteiger charge is 2.06. The number of carbonyl (C=O) groups is 1. The minimum atomic E-state index is -0.157. The zero-order chi connectivity index (χ0) is 17.4. The van der Waals surface area contributed by atoms with Gasteiger partial charge in [0, 0.05) is 28.3 Å². The van der Waals surface area contributed by atoms with Gasteiger partial charge >= 0.3 is 5.97 Å². The second-order valence-electron chi connectivity index (χ2n) is 4.71. The monoisotopic (exact) mass is 361 g/mol. The van der Waals surface area contributed by atoms with E-state index in [0.717, 1.165) is 22.0 Å². The van der Waals surface area contributed by atoms with Crippen LogP contribution in [0.4, 0.5) is 0 Å². The first-order chi connectivity index (χ1) is 11.7. The average molecular weight is 361 g/mol. The Morgan fingerprint density at radius 2 is 1.83 bits per heavy atom. The fourth-order valence-corrected chi connectivity index (χ4v) is 3.31. The van der Waals surface area contributed by atoms with E-state index in [9.17, 15) is 4.79 Å². The van der Waals surface area contributed by atoms with Crippen LogP contribution in [-0.2, 0) is 9.53 Å². The van der Waals surface area contributed by atoms with Crippen molar-refractivity contribution in [2.75, 3.05) is 14.2 Å². The molecule has 0 aliphatic heterocycles. The molecule has 6 heteroatoms. The van der Waals surface area contributed by atoms with E-state index in [0.29, 0.717) is 6.42 Å². The van der Waals surface area contributed by atoms with Crippen molar-refractivity contribution >= 4 is 28.6 Å². The van der Waals surface area contributed by atoms with E-state index >= 15 is 0 Å². The van der Waals surface area contributed by atoms with Gasteiger partial charge in [-0.1, -0.05) is 6.92 Å². The smallest absolute Gasteiger partial charge is 0.305 e. The Morgan fingerprint density at radius 1 is 1.08 bits per heavy atom. The first-order valence-electron chi connectivity index (χ1n) is 7.37. The maximum absolute atomic E-state index is 9.96.